The predicted molar refractivity (Wildman–Crippen MR) is 91.6 cm³/mol. The maximum Gasteiger partial charge on any atom is 0.311 e. The number of rotatable bonds is 7. The highest BCUT2D eigenvalue weighted by Crippen LogP contribution is 2.27. The van der Waals surface area contributed by atoms with Gasteiger partial charge in [-0.3, -0.25) is 14.3 Å². The van der Waals surface area contributed by atoms with E-state index in [9.17, 15) is 14.7 Å². The predicted octanol–water partition coefficient (Wildman–Crippen LogP) is 2.71. The van der Waals surface area contributed by atoms with Crippen molar-refractivity contribution in [1.29, 1.82) is 0 Å². The number of hydrogen-bond donors (Lipinski definition) is 2. The third kappa shape index (κ3) is 3.32. The van der Waals surface area contributed by atoms with Crippen molar-refractivity contribution in [3.8, 4) is 11.3 Å². The molecule has 0 saturated carbocycles. The average molecular weight is 329 g/mol. The van der Waals surface area contributed by atoms with Crippen molar-refractivity contribution in [2.45, 2.75) is 26.7 Å². The molecule has 24 heavy (non-hydrogen) atoms. The summed E-state index contributed by atoms with van der Waals surface area (Å²) in [7, 11) is 1.78. The maximum atomic E-state index is 12.6. The molecular weight excluding hydrogens is 306 g/mol. The molecule has 0 unspecified atom stereocenters. The molecule has 0 aliphatic rings. The number of carbonyl (C=O) groups excluding carboxylic acids is 1. The highest BCUT2D eigenvalue weighted by molar-refractivity contribution is 6.00. The van der Waals surface area contributed by atoms with Gasteiger partial charge in [0.15, 0.2) is 0 Å². The van der Waals surface area contributed by atoms with E-state index in [0.717, 1.165) is 5.56 Å². The number of amides is 1. The minimum absolute atomic E-state index is 0.0945. The van der Waals surface area contributed by atoms with Crippen LogP contribution in [0.5, 0.6) is 0 Å². The number of aryl methyl sites for hydroxylation is 1. The summed E-state index contributed by atoms with van der Waals surface area (Å²) in [4.78, 5) is 24.2. The lowest BCUT2D eigenvalue weighted by Crippen LogP contribution is -2.42. The van der Waals surface area contributed by atoms with E-state index < -0.39 is 11.4 Å². The van der Waals surface area contributed by atoms with Gasteiger partial charge in [0, 0.05) is 19.2 Å². The molecule has 2 rings (SSSR count). The molecule has 0 spiro atoms. The second kappa shape index (κ2) is 7.29. The van der Waals surface area contributed by atoms with Crippen LogP contribution < -0.4 is 5.32 Å². The first-order chi connectivity index (χ1) is 11.4. The summed E-state index contributed by atoms with van der Waals surface area (Å²) in [6, 6.07) is 9.52. The van der Waals surface area contributed by atoms with Crippen LogP contribution in [-0.4, -0.2) is 33.3 Å². The molecule has 1 aromatic carbocycles. The van der Waals surface area contributed by atoms with E-state index in [4.69, 9.17) is 0 Å². The molecule has 0 bridgehead atoms. The number of carboxylic acid groups (broad SMARTS) is 1. The van der Waals surface area contributed by atoms with Crippen molar-refractivity contribution in [1.82, 2.24) is 15.1 Å². The maximum absolute atomic E-state index is 12.6. The fourth-order valence-electron chi connectivity index (χ4n) is 2.76. The third-order valence-electron chi connectivity index (χ3n) is 4.63. The fourth-order valence-corrected chi connectivity index (χ4v) is 2.76. The Hall–Kier alpha value is -2.63. The molecule has 0 aliphatic carbocycles. The van der Waals surface area contributed by atoms with E-state index in [-0.39, 0.29) is 12.5 Å². The lowest BCUT2D eigenvalue weighted by molar-refractivity contribution is -0.149. The molecule has 0 atom stereocenters. The molecule has 0 aliphatic heterocycles. The largest absolute Gasteiger partial charge is 0.481 e. The molecule has 0 radical (unpaired) electrons. The van der Waals surface area contributed by atoms with Gasteiger partial charge in [0.05, 0.1) is 22.9 Å². The van der Waals surface area contributed by atoms with Crippen LogP contribution in [0.25, 0.3) is 11.3 Å². The van der Waals surface area contributed by atoms with Crippen LogP contribution in [-0.2, 0) is 11.8 Å². The van der Waals surface area contributed by atoms with Gasteiger partial charge in [-0.05, 0) is 12.8 Å². The molecule has 2 aromatic rings. The summed E-state index contributed by atoms with van der Waals surface area (Å²) in [5.41, 5.74) is 1.10. The van der Waals surface area contributed by atoms with Crippen LogP contribution in [0.4, 0.5) is 0 Å². The molecule has 0 fully saturated rings. The monoisotopic (exact) mass is 329 g/mol. The van der Waals surface area contributed by atoms with Crippen molar-refractivity contribution >= 4 is 11.9 Å². The van der Waals surface area contributed by atoms with E-state index in [1.165, 1.54) is 6.20 Å². The minimum Gasteiger partial charge on any atom is -0.481 e. The van der Waals surface area contributed by atoms with E-state index in [1.807, 2.05) is 44.2 Å². The Labute approximate surface area is 141 Å². The van der Waals surface area contributed by atoms with Crippen LogP contribution in [0.15, 0.2) is 36.5 Å². The van der Waals surface area contributed by atoms with Crippen molar-refractivity contribution in [2.75, 3.05) is 6.54 Å². The van der Waals surface area contributed by atoms with Crippen molar-refractivity contribution in [2.24, 2.45) is 12.5 Å². The van der Waals surface area contributed by atoms with Crippen LogP contribution in [0.2, 0.25) is 0 Å². The highest BCUT2D eigenvalue weighted by atomic mass is 16.4. The van der Waals surface area contributed by atoms with Crippen LogP contribution >= 0.6 is 0 Å². The number of nitrogens with one attached hydrogen (secondary N) is 1. The number of carbonyl (C=O) groups is 2. The first kappa shape index (κ1) is 17.7. The summed E-state index contributed by atoms with van der Waals surface area (Å²) in [6.45, 7) is 3.74. The number of aromatic nitrogens is 2. The van der Waals surface area contributed by atoms with Crippen LogP contribution in [0.3, 0.4) is 0 Å². The Morgan fingerprint density at radius 3 is 2.38 bits per heavy atom. The quantitative estimate of drug-likeness (QED) is 0.818. The molecule has 1 amide bonds. The topological polar surface area (TPSA) is 84.2 Å². The molecule has 6 heteroatoms. The Balaban J connectivity index is 2.25. The van der Waals surface area contributed by atoms with Crippen LogP contribution in [0, 0.1) is 5.41 Å². The SMILES string of the molecule is CCC(CC)(CNC(=O)c1cnn(C)c1-c1ccccc1)C(=O)O. The van der Waals surface area contributed by atoms with Crippen molar-refractivity contribution < 1.29 is 14.7 Å². The van der Waals surface area contributed by atoms with Gasteiger partial charge in [-0.1, -0.05) is 44.2 Å². The molecule has 2 N–H and O–H groups in total. The zero-order valence-electron chi connectivity index (χ0n) is 14.2. The summed E-state index contributed by atoms with van der Waals surface area (Å²) >= 11 is 0. The summed E-state index contributed by atoms with van der Waals surface area (Å²) < 4.78 is 1.65. The average Bonchev–Trinajstić information content (AvgIpc) is 2.98. The van der Waals surface area contributed by atoms with Gasteiger partial charge in [-0.25, -0.2) is 0 Å². The van der Waals surface area contributed by atoms with Gasteiger partial charge in [-0.2, -0.15) is 5.10 Å². The highest BCUT2D eigenvalue weighted by Gasteiger charge is 2.35. The van der Waals surface area contributed by atoms with E-state index in [0.29, 0.717) is 24.1 Å². The number of nitrogens with zero attached hydrogens (tertiary/aromatic N) is 2. The molecule has 128 valence electrons. The Morgan fingerprint density at radius 1 is 1.21 bits per heavy atom. The lowest BCUT2D eigenvalue weighted by Gasteiger charge is -2.26. The lowest BCUT2D eigenvalue weighted by atomic mass is 9.82. The van der Waals surface area contributed by atoms with Gasteiger partial charge < -0.3 is 10.4 Å². The number of benzene rings is 1. The van der Waals surface area contributed by atoms with Gasteiger partial charge >= 0.3 is 5.97 Å². The standard InChI is InChI=1S/C18H23N3O3/c1-4-18(5-2,17(23)24)12-19-16(22)14-11-20-21(3)15(14)13-9-7-6-8-10-13/h6-11H,4-5,12H2,1-3H3,(H,19,22)(H,23,24). The van der Waals surface area contributed by atoms with Crippen LogP contribution in [0.1, 0.15) is 37.0 Å². The third-order valence-corrected chi connectivity index (χ3v) is 4.63. The normalized spacial score (nSPS) is 11.3. The second-order valence-electron chi connectivity index (χ2n) is 5.87. The zero-order chi connectivity index (χ0) is 17.7. The number of aliphatic carboxylic acids is 1. The van der Waals surface area contributed by atoms with Crippen molar-refractivity contribution in [3.05, 3.63) is 42.1 Å². The minimum atomic E-state index is -0.940. The molecule has 1 heterocycles. The zero-order valence-corrected chi connectivity index (χ0v) is 14.2. The molecule has 1 aromatic heterocycles. The van der Waals surface area contributed by atoms with Gasteiger partial charge in [0.2, 0.25) is 0 Å². The summed E-state index contributed by atoms with van der Waals surface area (Å²) in [5, 5.41) is 16.4. The molecule has 6 nitrogen and oxygen atoms in total. The first-order valence-electron chi connectivity index (χ1n) is 8.04. The molecular formula is C18H23N3O3. The Morgan fingerprint density at radius 2 is 1.83 bits per heavy atom. The summed E-state index contributed by atoms with van der Waals surface area (Å²) in [6.07, 6.45) is 2.42. The van der Waals surface area contributed by atoms with Gasteiger partial charge in [0.1, 0.15) is 0 Å². The second-order valence-corrected chi connectivity index (χ2v) is 5.87. The molecule has 0 saturated heterocycles. The summed E-state index contributed by atoms with van der Waals surface area (Å²) in [5.74, 6) is -1.20. The smallest absolute Gasteiger partial charge is 0.311 e. The van der Waals surface area contributed by atoms with Gasteiger partial charge in [0.25, 0.3) is 5.91 Å². The van der Waals surface area contributed by atoms with E-state index in [1.54, 1.807) is 11.7 Å². The van der Waals surface area contributed by atoms with E-state index in [2.05, 4.69) is 10.4 Å². The number of hydrogen-bond acceptors (Lipinski definition) is 3. The van der Waals surface area contributed by atoms with Gasteiger partial charge in [-0.15, -0.1) is 0 Å². The Kier molecular flexibility index (Phi) is 5.39. The van der Waals surface area contributed by atoms with Crippen molar-refractivity contribution in [3.63, 3.8) is 0 Å². The fraction of sp³-hybridized carbons (Fsp3) is 0.389. The first-order valence-corrected chi connectivity index (χ1v) is 8.04. The number of carboxylic acids is 1. The Bertz CT molecular complexity index is 718. The van der Waals surface area contributed by atoms with E-state index >= 15 is 0 Å².